The van der Waals surface area contributed by atoms with Crippen LogP contribution >= 0.6 is 0 Å². The molecular weight excluding hydrogens is 791 g/mol. The molecule has 3 heterocycles. The molecule has 9 aromatic carbocycles. The molecule has 0 saturated heterocycles. The van der Waals surface area contributed by atoms with E-state index < -0.39 is 0 Å². The number of rotatable bonds is 6. The second-order valence-electron chi connectivity index (χ2n) is 17.6. The van der Waals surface area contributed by atoms with Crippen LogP contribution in [0.2, 0.25) is 0 Å². The Morgan fingerprint density at radius 2 is 0.831 bits per heavy atom. The molecule has 0 spiro atoms. The van der Waals surface area contributed by atoms with Gasteiger partial charge < -0.3 is 9.13 Å². The standard InChI is InChI=1S/C60H41N5/c1-60(2)50-23-10-6-19-45(50)48-35-36-54-55(56(48)60)49-22-9-13-26-53(49)64(54)43-33-31-41(32-34-43)58-61-57(40-29-27-39(28-30-40)38-15-4-3-5-16-38)62-59(63-58)42-17-14-18-44(37-42)65-51-24-11-7-20-46(51)47-21-8-12-25-52(47)65/h3-37H,1-2H3. The number of hydrogen-bond acceptors (Lipinski definition) is 3. The topological polar surface area (TPSA) is 48.5 Å². The molecule has 0 aliphatic heterocycles. The van der Waals surface area contributed by atoms with E-state index in [1.165, 1.54) is 60.4 Å². The SMILES string of the molecule is CC1(C)c2ccccc2-c2ccc3c(c21)c1ccccc1n3-c1ccc(-c2nc(-c3ccc(-c4ccccc4)cc3)nc(-c3cccc(-n4c5ccccc5c5ccccc54)c3)n2)cc1. The number of hydrogen-bond donors (Lipinski definition) is 0. The van der Waals surface area contributed by atoms with E-state index in [1.807, 2.05) is 6.07 Å². The van der Waals surface area contributed by atoms with Gasteiger partial charge in [0.25, 0.3) is 0 Å². The van der Waals surface area contributed by atoms with Crippen molar-refractivity contribution in [2.75, 3.05) is 0 Å². The van der Waals surface area contributed by atoms with Crippen molar-refractivity contribution in [1.82, 2.24) is 24.1 Å². The van der Waals surface area contributed by atoms with Gasteiger partial charge >= 0.3 is 0 Å². The molecule has 0 N–H and O–H groups in total. The normalized spacial score (nSPS) is 12.9. The Morgan fingerprint density at radius 1 is 0.338 bits per heavy atom. The van der Waals surface area contributed by atoms with Gasteiger partial charge in [0.2, 0.25) is 0 Å². The van der Waals surface area contributed by atoms with Crippen molar-refractivity contribution in [1.29, 1.82) is 0 Å². The van der Waals surface area contributed by atoms with Gasteiger partial charge in [-0.2, -0.15) is 0 Å². The van der Waals surface area contributed by atoms with Gasteiger partial charge in [-0.15, -0.1) is 0 Å². The predicted octanol–water partition coefficient (Wildman–Crippen LogP) is 15.0. The summed E-state index contributed by atoms with van der Waals surface area (Å²) in [5.74, 6) is 1.85. The second kappa shape index (κ2) is 14.3. The van der Waals surface area contributed by atoms with E-state index in [0.29, 0.717) is 17.5 Å². The first-order chi connectivity index (χ1) is 32.0. The summed E-state index contributed by atoms with van der Waals surface area (Å²) in [4.78, 5) is 15.6. The molecule has 65 heavy (non-hydrogen) atoms. The van der Waals surface area contributed by atoms with E-state index >= 15 is 0 Å². The maximum Gasteiger partial charge on any atom is 0.164 e. The smallest absolute Gasteiger partial charge is 0.164 e. The maximum atomic E-state index is 5.24. The van der Waals surface area contributed by atoms with Crippen LogP contribution in [0.3, 0.4) is 0 Å². The summed E-state index contributed by atoms with van der Waals surface area (Å²) in [5.41, 5.74) is 17.2. The first-order valence-corrected chi connectivity index (χ1v) is 22.3. The summed E-state index contributed by atoms with van der Waals surface area (Å²) in [5, 5.41) is 5.02. The molecule has 0 fully saturated rings. The molecular formula is C60H41N5. The van der Waals surface area contributed by atoms with Gasteiger partial charge in [0.15, 0.2) is 17.5 Å². The van der Waals surface area contributed by atoms with Crippen LogP contribution in [0, 0.1) is 0 Å². The molecule has 1 aliphatic carbocycles. The molecule has 13 rings (SSSR count). The van der Waals surface area contributed by atoms with Crippen LogP contribution < -0.4 is 0 Å². The molecule has 0 unspecified atom stereocenters. The zero-order chi connectivity index (χ0) is 43.2. The number of nitrogens with zero attached hydrogens (tertiary/aromatic N) is 5. The Bertz CT molecular complexity index is 3780. The molecule has 0 atom stereocenters. The van der Waals surface area contributed by atoms with Crippen LogP contribution in [0.4, 0.5) is 0 Å². The highest BCUT2D eigenvalue weighted by atomic mass is 15.0. The number of fused-ring (bicyclic) bond motifs is 10. The quantitative estimate of drug-likeness (QED) is 0.168. The molecule has 0 bridgehead atoms. The zero-order valence-electron chi connectivity index (χ0n) is 35.9. The molecule has 5 heteroatoms. The molecule has 306 valence electrons. The maximum absolute atomic E-state index is 5.24. The average Bonchev–Trinajstić information content (AvgIpc) is 3.97. The Morgan fingerprint density at radius 3 is 1.51 bits per heavy atom. The summed E-state index contributed by atoms with van der Waals surface area (Å²) in [7, 11) is 0. The fourth-order valence-corrected chi connectivity index (χ4v) is 10.6. The number of aromatic nitrogens is 5. The molecule has 5 nitrogen and oxygen atoms in total. The van der Waals surface area contributed by atoms with Crippen LogP contribution in [0.15, 0.2) is 212 Å². The average molecular weight is 832 g/mol. The first kappa shape index (κ1) is 37.2. The summed E-state index contributed by atoms with van der Waals surface area (Å²) in [6, 6.07) is 75.8. The summed E-state index contributed by atoms with van der Waals surface area (Å²) >= 11 is 0. The first-order valence-electron chi connectivity index (χ1n) is 22.3. The van der Waals surface area contributed by atoms with E-state index in [9.17, 15) is 0 Å². The van der Waals surface area contributed by atoms with E-state index in [4.69, 9.17) is 15.0 Å². The minimum Gasteiger partial charge on any atom is -0.309 e. The fraction of sp³-hybridized carbons (Fsp3) is 0.0500. The van der Waals surface area contributed by atoms with Crippen LogP contribution in [0.1, 0.15) is 25.0 Å². The minimum atomic E-state index is -0.136. The Kier molecular flexibility index (Phi) is 8.18. The lowest BCUT2D eigenvalue weighted by atomic mass is 9.80. The fourth-order valence-electron chi connectivity index (χ4n) is 10.6. The predicted molar refractivity (Wildman–Crippen MR) is 268 cm³/mol. The lowest BCUT2D eigenvalue weighted by Gasteiger charge is -2.22. The summed E-state index contributed by atoms with van der Waals surface area (Å²) in [6.07, 6.45) is 0. The Labute approximate surface area is 376 Å². The van der Waals surface area contributed by atoms with Crippen LogP contribution in [-0.2, 0) is 5.41 Å². The van der Waals surface area contributed by atoms with Crippen molar-refractivity contribution in [2.45, 2.75) is 19.3 Å². The minimum absolute atomic E-state index is 0.136. The lowest BCUT2D eigenvalue weighted by Crippen LogP contribution is -2.15. The van der Waals surface area contributed by atoms with Crippen LogP contribution in [0.5, 0.6) is 0 Å². The van der Waals surface area contributed by atoms with E-state index in [2.05, 4.69) is 229 Å². The van der Waals surface area contributed by atoms with Gasteiger partial charge in [0, 0.05) is 55.0 Å². The van der Waals surface area contributed by atoms with E-state index in [0.717, 1.165) is 44.7 Å². The Hall–Kier alpha value is -8.41. The van der Waals surface area contributed by atoms with Gasteiger partial charge in [-0.05, 0) is 94.0 Å². The van der Waals surface area contributed by atoms with Crippen molar-refractivity contribution in [3.63, 3.8) is 0 Å². The van der Waals surface area contributed by atoms with Crippen molar-refractivity contribution in [3.8, 4) is 67.8 Å². The van der Waals surface area contributed by atoms with Gasteiger partial charge in [-0.3, -0.25) is 0 Å². The van der Waals surface area contributed by atoms with Crippen molar-refractivity contribution < 1.29 is 0 Å². The molecule has 0 saturated carbocycles. The largest absolute Gasteiger partial charge is 0.309 e. The van der Waals surface area contributed by atoms with Gasteiger partial charge in [-0.25, -0.2) is 15.0 Å². The molecule has 3 aromatic heterocycles. The van der Waals surface area contributed by atoms with Crippen LogP contribution in [-0.4, -0.2) is 24.1 Å². The molecule has 12 aromatic rings. The summed E-state index contributed by atoms with van der Waals surface area (Å²) in [6.45, 7) is 4.74. The highest BCUT2D eigenvalue weighted by Crippen LogP contribution is 2.53. The highest BCUT2D eigenvalue weighted by Gasteiger charge is 2.38. The number of benzene rings is 9. The molecule has 0 amide bonds. The number of para-hydroxylation sites is 3. The highest BCUT2D eigenvalue weighted by molar-refractivity contribution is 6.14. The summed E-state index contributed by atoms with van der Waals surface area (Å²) < 4.78 is 4.74. The van der Waals surface area contributed by atoms with Gasteiger partial charge in [0.05, 0.1) is 22.1 Å². The second-order valence-corrected chi connectivity index (χ2v) is 17.6. The van der Waals surface area contributed by atoms with Crippen molar-refractivity contribution >= 4 is 43.6 Å². The third-order valence-electron chi connectivity index (χ3n) is 13.6. The van der Waals surface area contributed by atoms with E-state index in [1.54, 1.807) is 0 Å². The zero-order valence-corrected chi connectivity index (χ0v) is 35.9. The van der Waals surface area contributed by atoms with Gasteiger partial charge in [-0.1, -0.05) is 166 Å². The van der Waals surface area contributed by atoms with E-state index in [-0.39, 0.29) is 5.41 Å². The third-order valence-corrected chi connectivity index (χ3v) is 13.6. The molecule has 0 radical (unpaired) electrons. The van der Waals surface area contributed by atoms with Crippen LogP contribution in [0.25, 0.3) is 111 Å². The Balaban J connectivity index is 0.950. The third kappa shape index (κ3) is 5.75. The van der Waals surface area contributed by atoms with Gasteiger partial charge in [0.1, 0.15) is 0 Å². The lowest BCUT2D eigenvalue weighted by molar-refractivity contribution is 0.666. The monoisotopic (exact) mass is 831 g/mol. The molecule has 1 aliphatic rings. The van der Waals surface area contributed by atoms with Crippen molar-refractivity contribution in [2.24, 2.45) is 0 Å². The van der Waals surface area contributed by atoms with Crippen molar-refractivity contribution in [3.05, 3.63) is 223 Å².